The third-order valence-electron chi connectivity index (χ3n) is 4.24. The molecule has 0 saturated carbocycles. The average molecular weight is 383 g/mol. The van der Waals surface area contributed by atoms with Gasteiger partial charge in [-0.1, -0.05) is 32.9 Å². The van der Waals surface area contributed by atoms with Gasteiger partial charge in [0.25, 0.3) is 0 Å². The number of ether oxygens (including phenoxy) is 1. The number of anilines is 1. The minimum Gasteiger partial charge on any atom is -0.497 e. The topological polar surface area (TPSA) is 96.6 Å². The molecule has 1 atom stereocenters. The van der Waals surface area contributed by atoms with Crippen molar-refractivity contribution in [3.05, 3.63) is 53.9 Å². The quantitative estimate of drug-likeness (QED) is 0.619. The Bertz CT molecular complexity index is 958. The van der Waals surface area contributed by atoms with Crippen molar-refractivity contribution in [2.24, 2.45) is 0 Å². The number of oxazole rings is 1. The summed E-state index contributed by atoms with van der Waals surface area (Å²) in [6.45, 7) is 6.16. The van der Waals surface area contributed by atoms with E-state index in [1.807, 2.05) is 20.8 Å². The summed E-state index contributed by atoms with van der Waals surface area (Å²) in [5, 5.41) is 15.6. The molecule has 0 bridgehead atoms. The fourth-order valence-electron chi connectivity index (χ4n) is 2.63. The molecule has 0 saturated heterocycles. The summed E-state index contributed by atoms with van der Waals surface area (Å²) in [5.41, 5.74) is 2.45. The predicted octanol–water partition coefficient (Wildman–Crippen LogP) is 3.99. The molecule has 7 heteroatoms. The Kier molecular flexibility index (Phi) is 5.56. The molecule has 148 valence electrons. The highest BCUT2D eigenvalue weighted by molar-refractivity contribution is 5.91. The lowest BCUT2D eigenvalue weighted by atomic mass is 9.97. The number of nitrogens with one attached hydrogen (secondary N) is 2. The van der Waals surface area contributed by atoms with Crippen LogP contribution in [0.25, 0.3) is 11.1 Å². The van der Waals surface area contributed by atoms with Crippen LogP contribution in [0.2, 0.25) is 0 Å². The second-order valence-corrected chi connectivity index (χ2v) is 7.58. The molecule has 0 radical (unpaired) electrons. The number of rotatable bonds is 5. The Labute approximate surface area is 163 Å². The van der Waals surface area contributed by atoms with Crippen molar-refractivity contribution in [1.82, 2.24) is 10.3 Å². The van der Waals surface area contributed by atoms with Gasteiger partial charge >= 0.3 is 6.03 Å². The van der Waals surface area contributed by atoms with Crippen LogP contribution in [0.1, 0.15) is 38.3 Å². The molecule has 0 aliphatic rings. The Morgan fingerprint density at radius 1 is 1.21 bits per heavy atom. The molecule has 28 heavy (non-hydrogen) atoms. The summed E-state index contributed by atoms with van der Waals surface area (Å²) in [7, 11) is 1.58. The van der Waals surface area contributed by atoms with Crippen molar-refractivity contribution in [2.45, 2.75) is 32.3 Å². The largest absolute Gasteiger partial charge is 0.497 e. The van der Waals surface area contributed by atoms with Gasteiger partial charge in [-0.15, -0.1) is 0 Å². The number of aliphatic hydroxyl groups is 1. The molecule has 1 unspecified atom stereocenters. The molecule has 2 amide bonds. The van der Waals surface area contributed by atoms with Crippen LogP contribution in [0.5, 0.6) is 5.75 Å². The first-order chi connectivity index (χ1) is 13.3. The molecule has 0 fully saturated rings. The zero-order valence-electron chi connectivity index (χ0n) is 16.4. The summed E-state index contributed by atoms with van der Waals surface area (Å²) in [6, 6.07) is 11.9. The first kappa shape index (κ1) is 19.7. The minimum absolute atomic E-state index is 0.0819. The highest BCUT2D eigenvalue weighted by Crippen LogP contribution is 2.27. The van der Waals surface area contributed by atoms with Crippen molar-refractivity contribution >= 4 is 22.8 Å². The van der Waals surface area contributed by atoms with Crippen LogP contribution in [0.15, 0.2) is 46.9 Å². The standard InChI is InChI=1S/C21H25N3O4/c1-21(2,3)19-24-16-11-14(7-10-18(16)28-19)23-20(26)22-12-17(25)13-5-8-15(27-4)9-6-13/h5-11,17,25H,12H2,1-4H3,(H2,22,23,26). The number of urea groups is 1. The number of amides is 2. The molecule has 0 aliphatic heterocycles. The number of aromatic nitrogens is 1. The zero-order valence-corrected chi connectivity index (χ0v) is 16.4. The van der Waals surface area contributed by atoms with Crippen molar-refractivity contribution in [3.63, 3.8) is 0 Å². The Hall–Kier alpha value is -3.06. The first-order valence-electron chi connectivity index (χ1n) is 9.04. The molecular formula is C21H25N3O4. The SMILES string of the molecule is COc1ccc(C(O)CNC(=O)Nc2ccc3oc(C(C)(C)C)nc3c2)cc1. The Morgan fingerprint density at radius 3 is 2.57 bits per heavy atom. The maximum Gasteiger partial charge on any atom is 0.319 e. The summed E-state index contributed by atoms with van der Waals surface area (Å²) in [6.07, 6.45) is -0.816. The van der Waals surface area contributed by atoms with Gasteiger partial charge in [-0.25, -0.2) is 9.78 Å². The second kappa shape index (κ2) is 7.90. The van der Waals surface area contributed by atoms with Crippen LogP contribution in [0.4, 0.5) is 10.5 Å². The van der Waals surface area contributed by atoms with E-state index in [-0.39, 0.29) is 12.0 Å². The normalized spacial score (nSPS) is 12.6. The number of hydrogen-bond donors (Lipinski definition) is 3. The van der Waals surface area contributed by atoms with E-state index in [0.717, 1.165) is 0 Å². The number of aliphatic hydroxyl groups excluding tert-OH is 1. The number of carbonyl (C=O) groups excluding carboxylic acids is 1. The molecule has 7 nitrogen and oxygen atoms in total. The van der Waals surface area contributed by atoms with Gasteiger partial charge in [-0.2, -0.15) is 0 Å². The van der Waals surface area contributed by atoms with Crippen molar-refractivity contribution in [3.8, 4) is 5.75 Å². The van der Waals surface area contributed by atoms with Gasteiger partial charge in [-0.05, 0) is 35.9 Å². The number of methoxy groups -OCH3 is 1. The molecule has 0 spiro atoms. The number of nitrogens with zero attached hydrogens (tertiary/aromatic N) is 1. The van der Waals surface area contributed by atoms with Crippen molar-refractivity contribution < 1.29 is 19.1 Å². The molecule has 3 aromatic rings. The predicted molar refractivity (Wildman–Crippen MR) is 108 cm³/mol. The van der Waals surface area contributed by atoms with Gasteiger partial charge < -0.3 is 24.9 Å². The minimum atomic E-state index is -0.816. The van der Waals surface area contributed by atoms with Gasteiger partial charge in [0, 0.05) is 17.6 Å². The van der Waals surface area contributed by atoms with Crippen molar-refractivity contribution in [2.75, 3.05) is 19.0 Å². The number of hydrogen-bond acceptors (Lipinski definition) is 5. The third kappa shape index (κ3) is 4.61. The van der Waals surface area contributed by atoms with Crippen LogP contribution in [0.3, 0.4) is 0 Å². The lowest BCUT2D eigenvalue weighted by Gasteiger charge is -2.13. The lowest BCUT2D eigenvalue weighted by molar-refractivity contribution is 0.175. The van der Waals surface area contributed by atoms with E-state index < -0.39 is 12.1 Å². The van der Waals surface area contributed by atoms with E-state index in [4.69, 9.17) is 9.15 Å². The van der Waals surface area contributed by atoms with Crippen LogP contribution in [0, 0.1) is 0 Å². The van der Waals surface area contributed by atoms with E-state index in [1.54, 1.807) is 49.6 Å². The van der Waals surface area contributed by atoms with Gasteiger partial charge in [-0.3, -0.25) is 0 Å². The average Bonchev–Trinajstić information content (AvgIpc) is 3.10. The third-order valence-corrected chi connectivity index (χ3v) is 4.24. The Morgan fingerprint density at radius 2 is 1.93 bits per heavy atom. The Balaban J connectivity index is 1.59. The monoisotopic (exact) mass is 383 g/mol. The number of fused-ring (bicyclic) bond motifs is 1. The highest BCUT2D eigenvalue weighted by Gasteiger charge is 2.21. The fourth-order valence-corrected chi connectivity index (χ4v) is 2.63. The van der Waals surface area contributed by atoms with Crippen LogP contribution in [-0.4, -0.2) is 29.8 Å². The van der Waals surface area contributed by atoms with Gasteiger partial charge in [0.1, 0.15) is 11.3 Å². The summed E-state index contributed by atoms with van der Waals surface area (Å²) >= 11 is 0. The highest BCUT2D eigenvalue weighted by atomic mass is 16.5. The maximum absolute atomic E-state index is 12.2. The van der Waals surface area contributed by atoms with E-state index in [0.29, 0.717) is 34.0 Å². The molecule has 3 rings (SSSR count). The second-order valence-electron chi connectivity index (χ2n) is 7.58. The van der Waals surface area contributed by atoms with Crippen LogP contribution < -0.4 is 15.4 Å². The van der Waals surface area contributed by atoms with E-state index in [2.05, 4.69) is 15.6 Å². The summed E-state index contributed by atoms with van der Waals surface area (Å²) in [4.78, 5) is 16.6. The maximum atomic E-state index is 12.2. The fraction of sp³-hybridized carbons (Fsp3) is 0.333. The lowest BCUT2D eigenvalue weighted by Crippen LogP contribution is -2.32. The summed E-state index contributed by atoms with van der Waals surface area (Å²) in [5.74, 6) is 1.35. The molecule has 3 N–H and O–H groups in total. The molecule has 1 aromatic heterocycles. The van der Waals surface area contributed by atoms with Gasteiger partial charge in [0.15, 0.2) is 5.58 Å². The molecular weight excluding hydrogens is 358 g/mol. The molecule has 0 aliphatic carbocycles. The van der Waals surface area contributed by atoms with Crippen LogP contribution >= 0.6 is 0 Å². The van der Waals surface area contributed by atoms with E-state index in [9.17, 15) is 9.90 Å². The smallest absolute Gasteiger partial charge is 0.319 e. The molecule has 2 aromatic carbocycles. The number of carbonyl (C=O) groups is 1. The number of benzene rings is 2. The summed E-state index contributed by atoms with van der Waals surface area (Å²) < 4.78 is 10.8. The van der Waals surface area contributed by atoms with Crippen molar-refractivity contribution in [1.29, 1.82) is 0 Å². The zero-order chi connectivity index (χ0) is 20.3. The van der Waals surface area contributed by atoms with E-state index >= 15 is 0 Å². The van der Waals surface area contributed by atoms with E-state index in [1.165, 1.54) is 0 Å². The molecule has 1 heterocycles. The van der Waals surface area contributed by atoms with Gasteiger partial charge in [0.05, 0.1) is 13.2 Å². The first-order valence-corrected chi connectivity index (χ1v) is 9.04. The van der Waals surface area contributed by atoms with Crippen LogP contribution in [-0.2, 0) is 5.41 Å². The van der Waals surface area contributed by atoms with Gasteiger partial charge in [0.2, 0.25) is 5.89 Å².